The molecule has 1 fully saturated rings. The first-order valence-corrected chi connectivity index (χ1v) is 12.9. The number of methoxy groups -OCH3 is 1. The second-order valence-electron chi connectivity index (χ2n) is 8.47. The number of nitrogens with one attached hydrogen (secondary N) is 1. The number of hydrogen-bond acceptors (Lipinski definition) is 5. The summed E-state index contributed by atoms with van der Waals surface area (Å²) in [5.41, 5.74) is 2.61. The van der Waals surface area contributed by atoms with E-state index in [0.717, 1.165) is 16.9 Å². The van der Waals surface area contributed by atoms with Crippen LogP contribution in [-0.2, 0) is 26.0 Å². The molecule has 3 rings (SSSR count). The Balaban J connectivity index is 1.43. The smallest absolute Gasteiger partial charge is 0.243 e. The standard InChI is InChI=1S/C25H33N3O5S/c1-19-8-9-20(2)23(18-19)34(31,32)28-16-14-27(15-17-28)25(30)11-10-24(29)26-13-12-21-6-4-5-7-22(21)33-3/h4-9,18H,10-17H2,1-3H3,(H,26,29). The molecule has 1 aliphatic heterocycles. The Morgan fingerprint density at radius 3 is 2.41 bits per heavy atom. The van der Waals surface area contributed by atoms with E-state index in [4.69, 9.17) is 4.74 Å². The summed E-state index contributed by atoms with van der Waals surface area (Å²) in [6, 6.07) is 13.0. The molecule has 1 aliphatic rings. The van der Waals surface area contributed by atoms with Crippen molar-refractivity contribution in [2.24, 2.45) is 0 Å². The number of sulfonamides is 1. The van der Waals surface area contributed by atoms with Crippen molar-refractivity contribution in [3.63, 3.8) is 0 Å². The molecule has 2 aromatic carbocycles. The van der Waals surface area contributed by atoms with E-state index in [9.17, 15) is 18.0 Å². The number of para-hydroxylation sites is 1. The first-order valence-electron chi connectivity index (χ1n) is 11.5. The zero-order chi connectivity index (χ0) is 24.7. The lowest BCUT2D eigenvalue weighted by Gasteiger charge is -2.34. The summed E-state index contributed by atoms with van der Waals surface area (Å²) in [4.78, 5) is 26.7. The van der Waals surface area contributed by atoms with E-state index >= 15 is 0 Å². The van der Waals surface area contributed by atoms with E-state index in [2.05, 4.69) is 5.32 Å². The van der Waals surface area contributed by atoms with Gasteiger partial charge in [-0.3, -0.25) is 9.59 Å². The number of rotatable bonds is 9. The number of hydrogen-bond donors (Lipinski definition) is 1. The van der Waals surface area contributed by atoms with Crippen LogP contribution < -0.4 is 10.1 Å². The second-order valence-corrected chi connectivity index (χ2v) is 10.4. The predicted octanol–water partition coefficient (Wildman–Crippen LogP) is 2.28. The highest BCUT2D eigenvalue weighted by Gasteiger charge is 2.31. The fourth-order valence-electron chi connectivity index (χ4n) is 4.02. The van der Waals surface area contributed by atoms with Crippen molar-refractivity contribution in [3.8, 4) is 5.75 Å². The van der Waals surface area contributed by atoms with Gasteiger partial charge in [0.2, 0.25) is 21.8 Å². The van der Waals surface area contributed by atoms with Crippen LogP contribution in [0.25, 0.3) is 0 Å². The van der Waals surface area contributed by atoms with Crippen LogP contribution in [-0.4, -0.2) is 69.3 Å². The molecule has 1 heterocycles. The SMILES string of the molecule is COc1ccccc1CCNC(=O)CCC(=O)N1CCN(S(=O)(=O)c2cc(C)ccc2C)CC1. The van der Waals surface area contributed by atoms with E-state index in [1.54, 1.807) is 25.0 Å². The minimum absolute atomic E-state index is 0.101. The average Bonchev–Trinajstić information content (AvgIpc) is 2.84. The van der Waals surface area contributed by atoms with Crippen LogP contribution >= 0.6 is 0 Å². The molecule has 1 N–H and O–H groups in total. The summed E-state index contributed by atoms with van der Waals surface area (Å²) < 4.78 is 32.9. The van der Waals surface area contributed by atoms with Crippen LogP contribution in [0.4, 0.5) is 0 Å². The molecule has 0 atom stereocenters. The van der Waals surface area contributed by atoms with Crippen molar-refractivity contribution in [3.05, 3.63) is 59.2 Å². The number of nitrogens with zero attached hydrogens (tertiary/aromatic N) is 2. The molecule has 0 aromatic heterocycles. The van der Waals surface area contributed by atoms with Gasteiger partial charge in [0, 0.05) is 45.6 Å². The van der Waals surface area contributed by atoms with Gasteiger partial charge in [-0.25, -0.2) is 8.42 Å². The average molecular weight is 488 g/mol. The fourth-order valence-corrected chi connectivity index (χ4v) is 5.75. The maximum Gasteiger partial charge on any atom is 0.243 e. The highest BCUT2D eigenvalue weighted by Crippen LogP contribution is 2.22. The first-order chi connectivity index (χ1) is 16.2. The quantitative estimate of drug-likeness (QED) is 0.586. The lowest BCUT2D eigenvalue weighted by atomic mass is 10.1. The first kappa shape index (κ1) is 25.7. The van der Waals surface area contributed by atoms with Crippen molar-refractivity contribution in [1.82, 2.24) is 14.5 Å². The molecule has 0 aliphatic carbocycles. The topological polar surface area (TPSA) is 96.0 Å². The second kappa shape index (κ2) is 11.5. The van der Waals surface area contributed by atoms with Gasteiger partial charge in [0.1, 0.15) is 5.75 Å². The number of aryl methyl sites for hydroxylation is 2. The zero-order valence-corrected chi connectivity index (χ0v) is 20.9. The number of piperazine rings is 1. The molecule has 0 bridgehead atoms. The molecular weight excluding hydrogens is 454 g/mol. The van der Waals surface area contributed by atoms with Crippen LogP contribution in [0.1, 0.15) is 29.5 Å². The molecule has 184 valence electrons. The van der Waals surface area contributed by atoms with Gasteiger partial charge in [0.25, 0.3) is 0 Å². The molecular formula is C25H33N3O5S. The molecule has 34 heavy (non-hydrogen) atoms. The third-order valence-electron chi connectivity index (χ3n) is 6.03. The van der Waals surface area contributed by atoms with Gasteiger partial charge in [-0.1, -0.05) is 30.3 Å². The Bertz CT molecular complexity index is 1130. The Hall–Kier alpha value is -2.91. The van der Waals surface area contributed by atoms with Crippen LogP contribution in [0, 0.1) is 13.8 Å². The van der Waals surface area contributed by atoms with Gasteiger partial charge < -0.3 is 15.0 Å². The largest absolute Gasteiger partial charge is 0.496 e. The van der Waals surface area contributed by atoms with Crippen molar-refractivity contribution in [2.45, 2.75) is 38.0 Å². The summed E-state index contributed by atoms with van der Waals surface area (Å²) in [6.45, 7) is 5.23. The maximum absolute atomic E-state index is 13.1. The molecule has 2 amide bonds. The summed E-state index contributed by atoms with van der Waals surface area (Å²) in [6.07, 6.45) is 0.844. The van der Waals surface area contributed by atoms with Gasteiger partial charge in [-0.05, 0) is 49.1 Å². The fraction of sp³-hybridized carbons (Fsp3) is 0.440. The third kappa shape index (κ3) is 6.36. The molecule has 0 saturated carbocycles. The lowest BCUT2D eigenvalue weighted by molar-refractivity contribution is -0.134. The van der Waals surface area contributed by atoms with Crippen molar-refractivity contribution in [2.75, 3.05) is 39.8 Å². The van der Waals surface area contributed by atoms with Gasteiger partial charge >= 0.3 is 0 Å². The molecule has 1 saturated heterocycles. The Morgan fingerprint density at radius 1 is 1.00 bits per heavy atom. The molecule has 0 radical (unpaired) electrons. The van der Waals surface area contributed by atoms with Crippen LogP contribution in [0.5, 0.6) is 5.75 Å². The zero-order valence-electron chi connectivity index (χ0n) is 20.0. The monoisotopic (exact) mass is 487 g/mol. The van der Waals surface area contributed by atoms with Crippen molar-refractivity contribution < 1.29 is 22.7 Å². The summed E-state index contributed by atoms with van der Waals surface area (Å²) >= 11 is 0. The minimum Gasteiger partial charge on any atom is -0.496 e. The normalized spacial score (nSPS) is 14.6. The lowest BCUT2D eigenvalue weighted by Crippen LogP contribution is -2.50. The molecule has 2 aromatic rings. The van der Waals surface area contributed by atoms with Crippen LogP contribution in [0.15, 0.2) is 47.4 Å². The van der Waals surface area contributed by atoms with E-state index in [1.165, 1.54) is 4.31 Å². The summed E-state index contributed by atoms with van der Waals surface area (Å²) in [5, 5.41) is 2.84. The Labute approximate surface area is 201 Å². The number of ether oxygens (including phenoxy) is 1. The van der Waals surface area contributed by atoms with Crippen LogP contribution in [0.3, 0.4) is 0 Å². The van der Waals surface area contributed by atoms with Crippen molar-refractivity contribution in [1.29, 1.82) is 0 Å². The van der Waals surface area contributed by atoms with Gasteiger partial charge in [0.05, 0.1) is 12.0 Å². The summed E-state index contributed by atoms with van der Waals surface area (Å²) in [7, 11) is -1.99. The van der Waals surface area contributed by atoms with Gasteiger partial charge in [0.15, 0.2) is 0 Å². The number of amides is 2. The van der Waals surface area contributed by atoms with E-state index in [0.29, 0.717) is 36.5 Å². The predicted molar refractivity (Wildman–Crippen MR) is 130 cm³/mol. The van der Waals surface area contributed by atoms with E-state index in [1.807, 2.05) is 43.3 Å². The molecule has 0 spiro atoms. The maximum atomic E-state index is 13.1. The number of carbonyl (C=O) groups excluding carboxylic acids is 2. The third-order valence-corrected chi connectivity index (χ3v) is 8.07. The molecule has 0 unspecified atom stereocenters. The highest BCUT2D eigenvalue weighted by molar-refractivity contribution is 7.89. The molecule has 8 nitrogen and oxygen atoms in total. The molecule has 9 heteroatoms. The summed E-state index contributed by atoms with van der Waals surface area (Å²) in [5.74, 6) is 0.466. The number of carbonyl (C=O) groups is 2. The minimum atomic E-state index is -3.61. The Kier molecular flexibility index (Phi) is 8.68. The number of benzene rings is 2. The van der Waals surface area contributed by atoms with Crippen LogP contribution in [0.2, 0.25) is 0 Å². The van der Waals surface area contributed by atoms with Gasteiger partial charge in [-0.15, -0.1) is 0 Å². The van der Waals surface area contributed by atoms with Gasteiger partial charge in [-0.2, -0.15) is 4.31 Å². The van der Waals surface area contributed by atoms with E-state index < -0.39 is 10.0 Å². The highest BCUT2D eigenvalue weighted by atomic mass is 32.2. The Morgan fingerprint density at radius 2 is 1.71 bits per heavy atom. The van der Waals surface area contributed by atoms with E-state index in [-0.39, 0.29) is 37.7 Å². The van der Waals surface area contributed by atoms with Crippen molar-refractivity contribution >= 4 is 21.8 Å².